The Kier molecular flexibility index (Phi) is 4.17. The molecule has 2 aliphatic heterocycles. The summed E-state index contributed by atoms with van der Waals surface area (Å²) < 4.78 is 0. The molecule has 2 aliphatic rings. The molecule has 2 aromatic heterocycles. The predicted octanol–water partition coefficient (Wildman–Crippen LogP) is 1.88. The summed E-state index contributed by atoms with van der Waals surface area (Å²) in [7, 11) is 2.11. The molecule has 0 radical (unpaired) electrons. The van der Waals surface area contributed by atoms with E-state index in [-0.39, 0.29) is 11.8 Å². The fourth-order valence-corrected chi connectivity index (χ4v) is 4.07. The van der Waals surface area contributed by atoms with E-state index in [1.54, 1.807) is 12.4 Å². The van der Waals surface area contributed by atoms with Crippen molar-refractivity contribution < 1.29 is 9.59 Å². The van der Waals surface area contributed by atoms with Crippen molar-refractivity contribution in [1.29, 1.82) is 0 Å². The van der Waals surface area contributed by atoms with Gasteiger partial charge in [-0.15, -0.1) is 0 Å². The van der Waals surface area contributed by atoms with Crippen molar-refractivity contribution in [3.63, 3.8) is 0 Å². The van der Waals surface area contributed by atoms with Gasteiger partial charge in [0, 0.05) is 60.6 Å². The smallest absolute Gasteiger partial charge is 0.259 e. The van der Waals surface area contributed by atoms with E-state index >= 15 is 0 Å². The number of aromatic amines is 1. The molecular formula is C22H21N5O2. The molecule has 1 fully saturated rings. The first-order valence-corrected chi connectivity index (χ1v) is 9.67. The monoisotopic (exact) mass is 387 g/mol. The number of carbonyl (C=O) groups excluding carboxylic acids is 2. The summed E-state index contributed by atoms with van der Waals surface area (Å²) >= 11 is 0. The van der Waals surface area contributed by atoms with Crippen molar-refractivity contribution in [3.8, 4) is 0 Å². The number of hydrogen-bond donors (Lipinski definition) is 2. The number of nitrogens with one attached hydrogen (secondary N) is 2. The summed E-state index contributed by atoms with van der Waals surface area (Å²) in [4.78, 5) is 37.5. The molecule has 7 nitrogen and oxygen atoms in total. The third-order valence-corrected chi connectivity index (χ3v) is 5.67. The minimum absolute atomic E-state index is 0.375. The first-order chi connectivity index (χ1) is 14.1. The Hall–Kier alpha value is -3.45. The Labute approximate surface area is 168 Å². The Morgan fingerprint density at radius 3 is 2.55 bits per heavy atom. The molecule has 4 heterocycles. The third-order valence-electron chi connectivity index (χ3n) is 5.67. The van der Waals surface area contributed by atoms with Crippen LogP contribution in [0.2, 0.25) is 0 Å². The van der Waals surface area contributed by atoms with Crippen LogP contribution in [0, 0.1) is 0 Å². The van der Waals surface area contributed by atoms with Gasteiger partial charge in [0.05, 0.1) is 23.0 Å². The quantitative estimate of drug-likeness (QED) is 0.671. The zero-order valence-corrected chi connectivity index (χ0v) is 16.1. The van der Waals surface area contributed by atoms with Crippen LogP contribution in [0.25, 0.3) is 22.0 Å². The topological polar surface area (TPSA) is 81.3 Å². The van der Waals surface area contributed by atoms with Crippen LogP contribution in [0.4, 0.5) is 5.69 Å². The fourth-order valence-electron chi connectivity index (χ4n) is 4.07. The highest BCUT2D eigenvalue weighted by molar-refractivity contribution is 6.50. The number of imide groups is 1. The second-order valence-corrected chi connectivity index (χ2v) is 7.50. The summed E-state index contributed by atoms with van der Waals surface area (Å²) in [6, 6.07) is 9.70. The molecule has 2 N–H and O–H groups in total. The number of aromatic nitrogens is 2. The van der Waals surface area contributed by atoms with Crippen molar-refractivity contribution in [2.75, 3.05) is 38.1 Å². The van der Waals surface area contributed by atoms with Gasteiger partial charge >= 0.3 is 0 Å². The van der Waals surface area contributed by atoms with Crippen LogP contribution in [-0.2, 0) is 9.59 Å². The van der Waals surface area contributed by atoms with E-state index in [9.17, 15) is 9.59 Å². The predicted molar refractivity (Wildman–Crippen MR) is 112 cm³/mol. The van der Waals surface area contributed by atoms with Crippen LogP contribution in [0.1, 0.15) is 11.1 Å². The highest BCUT2D eigenvalue weighted by atomic mass is 16.2. The van der Waals surface area contributed by atoms with E-state index in [1.165, 1.54) is 0 Å². The zero-order valence-electron chi connectivity index (χ0n) is 16.1. The van der Waals surface area contributed by atoms with E-state index in [4.69, 9.17) is 0 Å². The average molecular weight is 387 g/mol. The van der Waals surface area contributed by atoms with E-state index in [0.29, 0.717) is 16.7 Å². The minimum Gasteiger partial charge on any atom is -0.368 e. The summed E-state index contributed by atoms with van der Waals surface area (Å²) in [6.45, 7) is 3.77. The molecule has 0 atom stereocenters. The van der Waals surface area contributed by atoms with Crippen LogP contribution >= 0.6 is 0 Å². The van der Waals surface area contributed by atoms with Crippen molar-refractivity contribution in [2.24, 2.45) is 0 Å². The molecule has 0 aliphatic carbocycles. The summed E-state index contributed by atoms with van der Waals surface area (Å²) in [5, 5.41) is 3.37. The molecule has 5 rings (SSSR count). The molecule has 0 unspecified atom stereocenters. The van der Waals surface area contributed by atoms with Gasteiger partial charge in [0.1, 0.15) is 0 Å². The lowest BCUT2D eigenvalue weighted by Crippen LogP contribution is -2.44. The van der Waals surface area contributed by atoms with Gasteiger partial charge in [-0.3, -0.25) is 19.9 Å². The molecule has 2 amide bonds. The number of pyridine rings is 1. The first-order valence-electron chi connectivity index (χ1n) is 9.67. The summed E-state index contributed by atoms with van der Waals surface area (Å²) in [5.41, 5.74) is 4.04. The van der Waals surface area contributed by atoms with Gasteiger partial charge in [0.15, 0.2) is 0 Å². The van der Waals surface area contributed by atoms with E-state index in [2.05, 4.69) is 32.1 Å². The molecule has 0 spiro atoms. The number of nitrogens with zero attached hydrogens (tertiary/aromatic N) is 3. The summed E-state index contributed by atoms with van der Waals surface area (Å²) in [5.74, 6) is -0.757. The molecule has 0 bridgehead atoms. The van der Waals surface area contributed by atoms with Crippen molar-refractivity contribution in [3.05, 3.63) is 60.0 Å². The molecule has 1 saturated heterocycles. The zero-order chi connectivity index (χ0) is 20.0. The summed E-state index contributed by atoms with van der Waals surface area (Å²) in [6.07, 6.45) is 5.26. The number of benzene rings is 1. The molecule has 7 heteroatoms. The largest absolute Gasteiger partial charge is 0.368 e. The number of carbonyl (C=O) groups is 2. The lowest BCUT2D eigenvalue weighted by atomic mass is 9.96. The standard InChI is InChI=1S/C22H21N5O2/c1-26-6-8-27(9-7-26)15-10-14(11-23-12-15)19-20(22(29)25-21(19)28)17-13-24-18-5-3-2-4-16(17)18/h2-5,10-13,24H,6-9H2,1H3,(H,25,28,29). The second-order valence-electron chi connectivity index (χ2n) is 7.50. The highest BCUT2D eigenvalue weighted by Crippen LogP contribution is 2.35. The maximum atomic E-state index is 12.7. The van der Waals surface area contributed by atoms with Gasteiger partial charge in [-0.2, -0.15) is 0 Å². The Bertz CT molecular complexity index is 1150. The molecule has 29 heavy (non-hydrogen) atoms. The number of likely N-dealkylation sites (N-methyl/N-ethyl adjacent to an activating group) is 1. The number of fused-ring (bicyclic) bond motifs is 1. The minimum atomic E-state index is -0.382. The SMILES string of the molecule is CN1CCN(c2cncc(C3=C(c4c[nH]c5ccccc45)C(=O)NC3=O)c2)CC1. The fraction of sp³-hybridized carbons (Fsp3) is 0.227. The van der Waals surface area contributed by atoms with Crippen LogP contribution in [-0.4, -0.2) is 59.9 Å². The Balaban J connectivity index is 1.62. The lowest BCUT2D eigenvalue weighted by Gasteiger charge is -2.34. The van der Waals surface area contributed by atoms with Gasteiger partial charge in [-0.1, -0.05) is 18.2 Å². The van der Waals surface area contributed by atoms with Gasteiger partial charge in [0.2, 0.25) is 0 Å². The number of amides is 2. The van der Waals surface area contributed by atoms with E-state index in [1.807, 2.05) is 36.5 Å². The Morgan fingerprint density at radius 1 is 0.966 bits per heavy atom. The van der Waals surface area contributed by atoms with Crippen molar-refractivity contribution >= 4 is 39.6 Å². The molecular weight excluding hydrogens is 366 g/mol. The van der Waals surface area contributed by atoms with Gasteiger partial charge in [0.25, 0.3) is 11.8 Å². The number of piperazine rings is 1. The van der Waals surface area contributed by atoms with Crippen molar-refractivity contribution in [2.45, 2.75) is 0 Å². The van der Waals surface area contributed by atoms with Gasteiger partial charge < -0.3 is 14.8 Å². The van der Waals surface area contributed by atoms with Crippen LogP contribution in [0.5, 0.6) is 0 Å². The number of anilines is 1. The number of hydrogen-bond acceptors (Lipinski definition) is 5. The molecule has 146 valence electrons. The van der Waals surface area contributed by atoms with E-state index in [0.717, 1.165) is 48.3 Å². The molecule has 1 aromatic carbocycles. The number of para-hydroxylation sites is 1. The lowest BCUT2D eigenvalue weighted by molar-refractivity contribution is -0.122. The molecule has 0 saturated carbocycles. The maximum absolute atomic E-state index is 12.7. The Morgan fingerprint density at radius 2 is 1.72 bits per heavy atom. The second kappa shape index (κ2) is 6.86. The van der Waals surface area contributed by atoms with Gasteiger partial charge in [-0.05, 0) is 19.2 Å². The average Bonchev–Trinajstić information content (AvgIpc) is 3.28. The number of H-pyrrole nitrogens is 1. The highest BCUT2D eigenvalue weighted by Gasteiger charge is 2.34. The maximum Gasteiger partial charge on any atom is 0.259 e. The van der Waals surface area contributed by atoms with Gasteiger partial charge in [-0.25, -0.2) is 0 Å². The van der Waals surface area contributed by atoms with Crippen LogP contribution in [0.3, 0.4) is 0 Å². The molecule has 3 aromatic rings. The van der Waals surface area contributed by atoms with Crippen LogP contribution < -0.4 is 10.2 Å². The van der Waals surface area contributed by atoms with Crippen LogP contribution in [0.15, 0.2) is 48.9 Å². The number of rotatable bonds is 3. The normalized spacial score (nSPS) is 18.0. The van der Waals surface area contributed by atoms with Crippen molar-refractivity contribution in [1.82, 2.24) is 20.2 Å². The van der Waals surface area contributed by atoms with E-state index < -0.39 is 0 Å². The third kappa shape index (κ3) is 3.00. The first kappa shape index (κ1) is 17.6.